The Balaban J connectivity index is 2.07. The molecule has 1 fully saturated rings. The highest BCUT2D eigenvalue weighted by Crippen LogP contribution is 2.14. The van der Waals surface area contributed by atoms with Crippen LogP contribution in [0.5, 0.6) is 0 Å². The van der Waals surface area contributed by atoms with Crippen LogP contribution in [0.15, 0.2) is 0 Å². The molecule has 1 rings (SSSR count). The molecule has 1 aliphatic rings. The molecular formula is C36H71N3O6. The number of hydrogen-bond donors (Lipinski definition) is 2. The summed E-state index contributed by atoms with van der Waals surface area (Å²) in [6, 6.07) is -0.159. The van der Waals surface area contributed by atoms with Crippen LogP contribution in [0.3, 0.4) is 0 Å². The first-order valence-electron chi connectivity index (χ1n) is 18.8. The van der Waals surface area contributed by atoms with Crippen molar-refractivity contribution in [2.24, 2.45) is 0 Å². The van der Waals surface area contributed by atoms with Crippen molar-refractivity contribution in [2.45, 2.75) is 162 Å². The molecule has 0 spiro atoms. The van der Waals surface area contributed by atoms with Crippen LogP contribution in [0, 0.1) is 0 Å². The van der Waals surface area contributed by atoms with Gasteiger partial charge in [-0.25, -0.2) is 0 Å². The molecule has 1 amide bonds. The van der Waals surface area contributed by atoms with Crippen molar-refractivity contribution in [1.82, 2.24) is 15.5 Å². The first-order valence-corrected chi connectivity index (χ1v) is 18.8. The summed E-state index contributed by atoms with van der Waals surface area (Å²) in [6.07, 6.45) is 18.5. The van der Waals surface area contributed by atoms with E-state index in [1.807, 2.05) is 0 Å². The Morgan fingerprint density at radius 2 is 1.33 bits per heavy atom. The van der Waals surface area contributed by atoms with Crippen LogP contribution >= 0.6 is 0 Å². The van der Waals surface area contributed by atoms with E-state index >= 15 is 0 Å². The third-order valence-corrected chi connectivity index (χ3v) is 8.61. The lowest BCUT2D eigenvalue weighted by Gasteiger charge is -2.19. The summed E-state index contributed by atoms with van der Waals surface area (Å²) in [6.45, 7) is 15.7. The maximum atomic E-state index is 12.4. The Bertz CT molecular complexity index is 678. The van der Waals surface area contributed by atoms with Gasteiger partial charge in [0.25, 0.3) is 0 Å². The van der Waals surface area contributed by atoms with Crippen LogP contribution in [-0.4, -0.2) is 94.4 Å². The van der Waals surface area contributed by atoms with E-state index in [2.05, 4.69) is 43.2 Å². The van der Waals surface area contributed by atoms with E-state index in [4.69, 9.17) is 18.9 Å². The van der Waals surface area contributed by atoms with E-state index in [1.165, 1.54) is 51.4 Å². The molecule has 9 heteroatoms. The summed E-state index contributed by atoms with van der Waals surface area (Å²) >= 11 is 0. The number of nitrogens with zero attached hydrogens (tertiary/aromatic N) is 1. The molecule has 45 heavy (non-hydrogen) atoms. The summed E-state index contributed by atoms with van der Waals surface area (Å²) in [5.41, 5.74) is 0. The zero-order valence-electron chi connectivity index (χ0n) is 29.7. The molecule has 2 unspecified atom stereocenters. The summed E-state index contributed by atoms with van der Waals surface area (Å²) in [5.74, 6) is -0.0535. The minimum absolute atomic E-state index is 0.0746. The van der Waals surface area contributed by atoms with Crippen molar-refractivity contribution in [2.75, 3.05) is 59.2 Å². The molecule has 0 aliphatic carbocycles. The van der Waals surface area contributed by atoms with E-state index in [0.717, 1.165) is 97.2 Å². The highest BCUT2D eigenvalue weighted by molar-refractivity contribution is 5.82. The molecule has 2 N–H and O–H groups in total. The van der Waals surface area contributed by atoms with Crippen molar-refractivity contribution < 1.29 is 28.5 Å². The lowest BCUT2D eigenvalue weighted by molar-refractivity contribution is -0.152. The minimum Gasteiger partial charge on any atom is -0.466 e. The molecule has 266 valence electrons. The zero-order chi connectivity index (χ0) is 32.8. The molecule has 9 nitrogen and oxygen atoms in total. The van der Waals surface area contributed by atoms with Gasteiger partial charge in [0.15, 0.2) is 6.29 Å². The third-order valence-electron chi connectivity index (χ3n) is 8.61. The number of carbonyl (C=O) groups excluding carboxylic acids is 2. The number of esters is 1. The highest BCUT2D eigenvalue weighted by atomic mass is 16.7. The number of hydrogen-bond acceptors (Lipinski definition) is 8. The van der Waals surface area contributed by atoms with Crippen molar-refractivity contribution in [1.29, 1.82) is 0 Å². The van der Waals surface area contributed by atoms with Gasteiger partial charge in [-0.05, 0) is 64.5 Å². The Kier molecular flexibility index (Phi) is 27.9. The predicted molar refractivity (Wildman–Crippen MR) is 183 cm³/mol. The molecule has 0 radical (unpaired) electrons. The molecule has 1 heterocycles. The number of likely N-dealkylation sites (N-methyl/N-ethyl adjacent to an activating group) is 1. The van der Waals surface area contributed by atoms with Gasteiger partial charge in [0.2, 0.25) is 5.91 Å². The Morgan fingerprint density at radius 1 is 0.756 bits per heavy atom. The van der Waals surface area contributed by atoms with E-state index in [0.29, 0.717) is 26.2 Å². The smallest absolute Gasteiger partial charge is 0.305 e. The number of ether oxygens (including phenoxy) is 4. The Morgan fingerprint density at radius 3 is 1.93 bits per heavy atom. The van der Waals surface area contributed by atoms with Gasteiger partial charge >= 0.3 is 5.97 Å². The van der Waals surface area contributed by atoms with Crippen molar-refractivity contribution in [3.63, 3.8) is 0 Å². The average Bonchev–Trinajstić information content (AvgIpc) is 3.52. The fourth-order valence-corrected chi connectivity index (χ4v) is 5.56. The lowest BCUT2D eigenvalue weighted by Crippen LogP contribution is -2.43. The fraction of sp³-hybridized carbons (Fsp3) is 0.944. The maximum Gasteiger partial charge on any atom is 0.305 e. The molecule has 0 saturated carbocycles. The summed E-state index contributed by atoms with van der Waals surface area (Å²) in [5, 5.41) is 6.34. The highest BCUT2D eigenvalue weighted by Gasteiger charge is 2.29. The van der Waals surface area contributed by atoms with Gasteiger partial charge in [-0.1, -0.05) is 85.5 Å². The molecule has 1 aliphatic heterocycles. The van der Waals surface area contributed by atoms with Crippen molar-refractivity contribution in [3.8, 4) is 0 Å². The molecule has 0 aromatic rings. The number of nitrogens with one attached hydrogen (secondary N) is 2. The number of carbonyl (C=O) groups is 2. The number of rotatable bonds is 32. The largest absolute Gasteiger partial charge is 0.466 e. The van der Waals surface area contributed by atoms with Gasteiger partial charge in [-0.15, -0.1) is 0 Å². The number of unbranched alkanes of at least 4 members (excludes halogenated alkanes) is 11. The second-order valence-corrected chi connectivity index (χ2v) is 12.5. The summed E-state index contributed by atoms with van der Waals surface area (Å²) in [4.78, 5) is 27.0. The van der Waals surface area contributed by atoms with E-state index in [9.17, 15) is 9.59 Å². The normalized spacial score (nSPS) is 16.6. The lowest BCUT2D eigenvalue weighted by atomic mass is 10.1. The number of amides is 1. The van der Waals surface area contributed by atoms with Crippen molar-refractivity contribution in [3.05, 3.63) is 0 Å². The zero-order valence-corrected chi connectivity index (χ0v) is 29.7. The quantitative estimate of drug-likeness (QED) is 0.0472. The Labute approximate surface area is 276 Å². The van der Waals surface area contributed by atoms with Gasteiger partial charge in [-0.2, -0.15) is 0 Å². The first kappa shape index (κ1) is 41.8. The van der Waals surface area contributed by atoms with Gasteiger partial charge < -0.3 is 34.5 Å². The van der Waals surface area contributed by atoms with Crippen molar-refractivity contribution >= 4 is 11.9 Å². The first-order chi connectivity index (χ1) is 22.0. The van der Waals surface area contributed by atoms with Crippen LogP contribution in [0.2, 0.25) is 0 Å². The second kappa shape index (κ2) is 30.1. The molecule has 1 saturated heterocycles. The van der Waals surface area contributed by atoms with Crippen LogP contribution in [0.25, 0.3) is 0 Å². The topological polar surface area (TPSA) is 98.4 Å². The minimum atomic E-state index is -0.219. The maximum absolute atomic E-state index is 12.4. The van der Waals surface area contributed by atoms with E-state index in [1.54, 1.807) is 0 Å². The molecule has 0 aromatic heterocycles. The molecule has 0 aromatic carbocycles. The summed E-state index contributed by atoms with van der Waals surface area (Å²) < 4.78 is 23.6. The molecular weight excluding hydrogens is 570 g/mol. The van der Waals surface area contributed by atoms with E-state index in [-0.39, 0.29) is 30.3 Å². The predicted octanol–water partition coefficient (Wildman–Crippen LogP) is 6.77. The molecule has 0 bridgehead atoms. The SMILES string of the molecule is CCCCCCCOC(CCCC(=O)OCCCCCCOC1CNC(C(=O)NCCN(CC)CC)C1)OCCCCCCC. The van der Waals surface area contributed by atoms with Crippen LogP contribution in [0.1, 0.15) is 143 Å². The van der Waals surface area contributed by atoms with Crippen LogP contribution < -0.4 is 10.6 Å². The second-order valence-electron chi connectivity index (χ2n) is 12.5. The summed E-state index contributed by atoms with van der Waals surface area (Å²) in [7, 11) is 0. The van der Waals surface area contributed by atoms with Crippen LogP contribution in [-0.2, 0) is 28.5 Å². The third kappa shape index (κ3) is 23.7. The van der Waals surface area contributed by atoms with Gasteiger partial charge in [0.1, 0.15) is 0 Å². The van der Waals surface area contributed by atoms with Gasteiger partial charge in [0, 0.05) is 45.9 Å². The monoisotopic (exact) mass is 642 g/mol. The van der Waals surface area contributed by atoms with E-state index < -0.39 is 0 Å². The van der Waals surface area contributed by atoms with Gasteiger partial charge in [-0.3, -0.25) is 9.59 Å². The average molecular weight is 642 g/mol. The van der Waals surface area contributed by atoms with Crippen LogP contribution in [0.4, 0.5) is 0 Å². The van der Waals surface area contributed by atoms with Gasteiger partial charge in [0.05, 0.1) is 18.8 Å². The standard InChI is InChI=1S/C36H71N3O6/c1-5-9-11-13-19-28-44-35(45-29-20-14-12-10-6-2)23-21-22-34(40)43-27-18-16-15-17-26-42-32-30-33(38-31-32)36(41)37-24-25-39(7-3)8-4/h32-33,35,38H,5-31H2,1-4H3,(H,37,41). The Hall–Kier alpha value is -1.26. The molecule has 2 atom stereocenters. The fourth-order valence-electron chi connectivity index (χ4n) is 5.56.